The molecule has 0 aliphatic carbocycles. The highest BCUT2D eigenvalue weighted by Crippen LogP contribution is 2.36. The Morgan fingerprint density at radius 3 is 1.75 bits per heavy atom. The van der Waals surface area contributed by atoms with Crippen LogP contribution in [0.1, 0.15) is 34.6 Å². The van der Waals surface area contributed by atoms with Crippen LogP contribution in [0.25, 0.3) is 0 Å². The molecule has 24 heavy (non-hydrogen) atoms. The Balaban J connectivity index is 2.59. The molecule has 0 saturated heterocycles. The van der Waals surface area contributed by atoms with E-state index in [2.05, 4.69) is 100 Å². The van der Waals surface area contributed by atoms with Crippen LogP contribution in [-0.4, -0.2) is 14.9 Å². The van der Waals surface area contributed by atoms with Gasteiger partial charge in [0.25, 0.3) is 8.32 Å². The van der Waals surface area contributed by atoms with Crippen LogP contribution in [0.4, 0.5) is 0 Å². The standard InChI is InChI=1S/C22H28OSi/c1-6-13-19(2)18-23-24(22(3,4)5,20-14-9-7-10-15-20)21-16-11-8-12-17-21/h7-12,14-17,19H,18H2,1-5H3/t19-/m1/s1. The molecule has 0 aromatic heterocycles. The third-order valence-corrected chi connectivity index (χ3v) is 9.36. The summed E-state index contributed by atoms with van der Waals surface area (Å²) in [6.07, 6.45) is 0. The first-order valence-electron chi connectivity index (χ1n) is 8.59. The van der Waals surface area contributed by atoms with Crippen LogP contribution >= 0.6 is 0 Å². The molecule has 0 fully saturated rings. The summed E-state index contributed by atoms with van der Waals surface area (Å²) in [5.41, 5.74) is 0. The van der Waals surface area contributed by atoms with E-state index in [-0.39, 0.29) is 11.0 Å². The fraction of sp³-hybridized carbons (Fsp3) is 0.364. The Labute approximate surface area is 148 Å². The molecule has 2 rings (SSSR count). The minimum atomic E-state index is -2.41. The van der Waals surface area contributed by atoms with Crippen molar-refractivity contribution in [1.82, 2.24) is 0 Å². The Hall–Kier alpha value is -1.82. The van der Waals surface area contributed by atoms with Crippen LogP contribution in [0, 0.1) is 17.8 Å². The molecule has 0 amide bonds. The van der Waals surface area contributed by atoms with Gasteiger partial charge in [0.2, 0.25) is 0 Å². The third-order valence-electron chi connectivity index (χ3n) is 4.36. The van der Waals surface area contributed by atoms with Crippen molar-refractivity contribution in [3.05, 3.63) is 60.7 Å². The molecule has 0 saturated carbocycles. The monoisotopic (exact) mass is 336 g/mol. The highest BCUT2D eigenvalue weighted by Gasteiger charge is 2.50. The first kappa shape index (κ1) is 18.5. The second kappa shape index (κ2) is 7.83. The van der Waals surface area contributed by atoms with E-state index in [1.54, 1.807) is 0 Å². The molecule has 0 bridgehead atoms. The molecule has 0 unspecified atom stereocenters. The normalized spacial score (nSPS) is 13.0. The Morgan fingerprint density at radius 2 is 1.38 bits per heavy atom. The molecular formula is C22H28OSi. The van der Waals surface area contributed by atoms with Gasteiger partial charge in [0, 0.05) is 12.5 Å². The summed E-state index contributed by atoms with van der Waals surface area (Å²) < 4.78 is 6.82. The SMILES string of the molecule is CC#C[C@@H](C)CO[Si](c1ccccc1)(c1ccccc1)C(C)(C)C. The lowest BCUT2D eigenvalue weighted by molar-refractivity contribution is 0.271. The zero-order valence-electron chi connectivity index (χ0n) is 15.5. The van der Waals surface area contributed by atoms with Crippen LogP contribution in [0.15, 0.2) is 60.7 Å². The fourth-order valence-corrected chi connectivity index (χ4v) is 7.96. The molecule has 0 N–H and O–H groups in total. The largest absolute Gasteiger partial charge is 0.406 e. The van der Waals surface area contributed by atoms with E-state index in [4.69, 9.17) is 4.43 Å². The molecule has 1 atom stereocenters. The first-order chi connectivity index (χ1) is 11.4. The van der Waals surface area contributed by atoms with Gasteiger partial charge in [-0.25, -0.2) is 0 Å². The maximum Gasteiger partial charge on any atom is 0.261 e. The van der Waals surface area contributed by atoms with Crippen molar-refractivity contribution in [3.63, 3.8) is 0 Å². The Kier molecular flexibility index (Phi) is 6.04. The molecular weight excluding hydrogens is 308 g/mol. The van der Waals surface area contributed by atoms with Gasteiger partial charge in [-0.1, -0.05) is 87.4 Å². The van der Waals surface area contributed by atoms with Crippen molar-refractivity contribution in [3.8, 4) is 11.8 Å². The van der Waals surface area contributed by atoms with Crippen LogP contribution in [-0.2, 0) is 4.43 Å². The number of hydrogen-bond acceptors (Lipinski definition) is 1. The predicted octanol–water partition coefficient (Wildman–Crippen LogP) is 4.22. The average Bonchev–Trinajstić information content (AvgIpc) is 2.56. The highest BCUT2D eigenvalue weighted by atomic mass is 28.4. The van der Waals surface area contributed by atoms with Crippen molar-refractivity contribution in [2.45, 2.75) is 39.7 Å². The lowest BCUT2D eigenvalue weighted by Crippen LogP contribution is -2.66. The van der Waals surface area contributed by atoms with E-state index in [0.717, 1.165) is 0 Å². The summed E-state index contributed by atoms with van der Waals surface area (Å²) >= 11 is 0. The zero-order chi connectivity index (χ0) is 17.6. The zero-order valence-corrected chi connectivity index (χ0v) is 16.5. The van der Waals surface area contributed by atoms with Gasteiger partial charge in [-0.05, 0) is 29.3 Å². The molecule has 0 aliphatic heterocycles. The van der Waals surface area contributed by atoms with E-state index in [1.165, 1.54) is 10.4 Å². The summed E-state index contributed by atoms with van der Waals surface area (Å²) in [5, 5.41) is 2.66. The summed E-state index contributed by atoms with van der Waals surface area (Å²) in [4.78, 5) is 0. The fourth-order valence-electron chi connectivity index (χ4n) is 3.30. The van der Waals surface area contributed by atoms with Gasteiger partial charge in [0.1, 0.15) is 0 Å². The molecule has 0 heterocycles. The van der Waals surface area contributed by atoms with Gasteiger partial charge in [0.15, 0.2) is 0 Å². The number of rotatable bonds is 5. The number of hydrogen-bond donors (Lipinski definition) is 0. The van der Waals surface area contributed by atoms with Gasteiger partial charge in [-0.3, -0.25) is 0 Å². The maximum absolute atomic E-state index is 6.82. The van der Waals surface area contributed by atoms with E-state index in [1.807, 2.05) is 6.92 Å². The summed E-state index contributed by atoms with van der Waals surface area (Å²) in [6.45, 7) is 11.6. The third kappa shape index (κ3) is 3.80. The minimum absolute atomic E-state index is 0.0229. The second-order valence-corrected chi connectivity index (χ2v) is 11.6. The maximum atomic E-state index is 6.82. The first-order valence-corrected chi connectivity index (χ1v) is 10.5. The van der Waals surface area contributed by atoms with Crippen molar-refractivity contribution in [2.75, 3.05) is 6.61 Å². The molecule has 0 spiro atoms. The van der Waals surface area contributed by atoms with Crippen LogP contribution in [0.2, 0.25) is 5.04 Å². The Morgan fingerprint density at radius 1 is 0.917 bits per heavy atom. The smallest absolute Gasteiger partial charge is 0.261 e. The molecule has 0 aliphatic rings. The van der Waals surface area contributed by atoms with E-state index in [9.17, 15) is 0 Å². The van der Waals surface area contributed by atoms with Gasteiger partial charge in [0.05, 0.1) is 0 Å². The molecule has 2 aromatic carbocycles. The van der Waals surface area contributed by atoms with Crippen molar-refractivity contribution >= 4 is 18.7 Å². The van der Waals surface area contributed by atoms with Gasteiger partial charge in [-0.15, -0.1) is 5.92 Å². The topological polar surface area (TPSA) is 9.23 Å². The molecule has 2 aromatic rings. The van der Waals surface area contributed by atoms with Crippen LogP contribution < -0.4 is 10.4 Å². The van der Waals surface area contributed by atoms with Crippen LogP contribution in [0.5, 0.6) is 0 Å². The van der Waals surface area contributed by atoms with E-state index >= 15 is 0 Å². The van der Waals surface area contributed by atoms with Gasteiger partial charge in [-0.2, -0.15) is 0 Å². The summed E-state index contributed by atoms with van der Waals surface area (Å²) in [7, 11) is -2.41. The summed E-state index contributed by atoms with van der Waals surface area (Å²) in [6, 6.07) is 21.5. The molecule has 2 heteroatoms. The quantitative estimate of drug-likeness (QED) is 0.587. The Bertz CT molecular complexity index is 650. The van der Waals surface area contributed by atoms with Crippen molar-refractivity contribution in [2.24, 2.45) is 5.92 Å². The van der Waals surface area contributed by atoms with E-state index in [0.29, 0.717) is 6.61 Å². The second-order valence-electron chi connectivity index (χ2n) is 7.27. The van der Waals surface area contributed by atoms with Crippen LogP contribution in [0.3, 0.4) is 0 Å². The molecule has 1 nitrogen and oxygen atoms in total. The predicted molar refractivity (Wildman–Crippen MR) is 106 cm³/mol. The minimum Gasteiger partial charge on any atom is -0.406 e. The van der Waals surface area contributed by atoms with Crippen molar-refractivity contribution in [1.29, 1.82) is 0 Å². The number of benzene rings is 2. The lowest BCUT2D eigenvalue weighted by Gasteiger charge is -2.43. The lowest BCUT2D eigenvalue weighted by atomic mass is 10.2. The van der Waals surface area contributed by atoms with Gasteiger partial charge >= 0.3 is 0 Å². The van der Waals surface area contributed by atoms with Gasteiger partial charge < -0.3 is 4.43 Å². The van der Waals surface area contributed by atoms with Crippen molar-refractivity contribution < 1.29 is 4.43 Å². The highest BCUT2D eigenvalue weighted by molar-refractivity contribution is 6.99. The van der Waals surface area contributed by atoms with E-state index < -0.39 is 8.32 Å². The summed E-state index contributed by atoms with van der Waals surface area (Å²) in [5.74, 6) is 6.46. The molecule has 0 radical (unpaired) electrons. The molecule has 126 valence electrons. The average molecular weight is 337 g/mol.